The van der Waals surface area contributed by atoms with Gasteiger partial charge in [-0.3, -0.25) is 0 Å². The van der Waals surface area contributed by atoms with Gasteiger partial charge in [-0.2, -0.15) is 17.4 Å². The molecule has 0 radical (unpaired) electrons. The van der Waals surface area contributed by atoms with Gasteiger partial charge >= 0.3 is 0 Å². The summed E-state index contributed by atoms with van der Waals surface area (Å²) in [5.41, 5.74) is 0. The van der Waals surface area contributed by atoms with Crippen molar-refractivity contribution in [3.05, 3.63) is 0 Å². The molecule has 2 aliphatic rings. The third-order valence-electron chi connectivity index (χ3n) is 3.91. The molecule has 0 bridgehead atoms. The van der Waals surface area contributed by atoms with Crippen molar-refractivity contribution in [2.75, 3.05) is 13.2 Å². The van der Waals surface area contributed by atoms with Crippen LogP contribution in [0.1, 0.15) is 46.0 Å². The average Bonchev–Trinajstić information content (AvgIpc) is 2.82. The van der Waals surface area contributed by atoms with E-state index >= 15 is 0 Å². The Bertz CT molecular complexity index is 366. The Morgan fingerprint density at radius 3 is 2.67 bits per heavy atom. The van der Waals surface area contributed by atoms with Crippen molar-refractivity contribution in [1.29, 1.82) is 0 Å². The summed E-state index contributed by atoms with van der Waals surface area (Å²) < 4.78 is 34.5. The van der Waals surface area contributed by atoms with Crippen molar-refractivity contribution in [1.82, 2.24) is 9.03 Å². The second kappa shape index (κ2) is 5.86. The smallest absolute Gasteiger partial charge is 0.280 e. The van der Waals surface area contributed by atoms with Crippen LogP contribution in [0.15, 0.2) is 0 Å². The molecule has 2 rings (SSSR count). The van der Waals surface area contributed by atoms with E-state index in [0.29, 0.717) is 6.54 Å². The zero-order valence-corrected chi connectivity index (χ0v) is 12.1. The number of piperidine rings is 1. The highest BCUT2D eigenvalue weighted by Gasteiger charge is 2.33. The van der Waals surface area contributed by atoms with E-state index in [4.69, 9.17) is 4.74 Å². The highest BCUT2D eigenvalue weighted by Crippen LogP contribution is 2.21. The summed E-state index contributed by atoms with van der Waals surface area (Å²) in [6.45, 7) is 5.25. The summed E-state index contributed by atoms with van der Waals surface area (Å²) in [7, 11) is -3.37. The predicted molar refractivity (Wildman–Crippen MR) is 70.5 cm³/mol. The fourth-order valence-electron chi connectivity index (χ4n) is 2.80. The summed E-state index contributed by atoms with van der Waals surface area (Å²) in [4.78, 5) is 0. The first kappa shape index (κ1) is 14.2. The predicted octanol–water partition coefficient (Wildman–Crippen LogP) is 1.26. The fourth-order valence-corrected chi connectivity index (χ4v) is 4.51. The first-order valence-corrected chi connectivity index (χ1v) is 8.35. The molecule has 0 aromatic heterocycles. The molecule has 6 heteroatoms. The fraction of sp³-hybridized carbons (Fsp3) is 1.00. The molecule has 0 aromatic carbocycles. The lowest BCUT2D eigenvalue weighted by molar-refractivity contribution is 0.0892. The molecule has 0 aliphatic carbocycles. The molecule has 2 heterocycles. The Labute approximate surface area is 110 Å². The third kappa shape index (κ3) is 3.23. The van der Waals surface area contributed by atoms with Crippen molar-refractivity contribution < 1.29 is 13.2 Å². The minimum atomic E-state index is -3.37. The van der Waals surface area contributed by atoms with Crippen LogP contribution in [0.5, 0.6) is 0 Å². The van der Waals surface area contributed by atoms with E-state index in [-0.39, 0.29) is 18.2 Å². The van der Waals surface area contributed by atoms with E-state index in [1.165, 1.54) is 0 Å². The quantitative estimate of drug-likeness (QED) is 0.841. The van der Waals surface area contributed by atoms with Crippen LogP contribution < -0.4 is 4.72 Å². The number of hydrogen-bond donors (Lipinski definition) is 1. The minimum Gasteiger partial charge on any atom is -0.377 e. The summed E-state index contributed by atoms with van der Waals surface area (Å²) in [6, 6.07) is -0.0421. The molecule has 0 aromatic rings. The van der Waals surface area contributed by atoms with E-state index in [2.05, 4.69) is 4.72 Å². The second-order valence-electron chi connectivity index (χ2n) is 5.42. The van der Waals surface area contributed by atoms with Crippen molar-refractivity contribution in [3.63, 3.8) is 0 Å². The van der Waals surface area contributed by atoms with Gasteiger partial charge in [0, 0.05) is 25.2 Å². The first-order valence-electron chi connectivity index (χ1n) is 6.91. The van der Waals surface area contributed by atoms with Gasteiger partial charge in [0.05, 0.1) is 6.10 Å². The molecule has 2 aliphatic heterocycles. The molecule has 5 nitrogen and oxygen atoms in total. The zero-order chi connectivity index (χ0) is 13.2. The normalized spacial score (nSPS) is 32.6. The van der Waals surface area contributed by atoms with Gasteiger partial charge in [-0.05, 0) is 39.5 Å². The average molecular weight is 276 g/mol. The van der Waals surface area contributed by atoms with Crippen LogP contribution in [-0.4, -0.2) is 44.1 Å². The lowest BCUT2D eigenvalue weighted by Crippen LogP contribution is -2.52. The highest BCUT2D eigenvalue weighted by atomic mass is 32.2. The van der Waals surface area contributed by atoms with E-state index < -0.39 is 10.2 Å². The molecular weight excluding hydrogens is 252 g/mol. The van der Waals surface area contributed by atoms with Crippen LogP contribution in [0.3, 0.4) is 0 Å². The molecule has 2 fully saturated rings. The molecule has 0 amide bonds. The molecule has 0 spiro atoms. The molecule has 0 unspecified atom stereocenters. The van der Waals surface area contributed by atoms with Crippen LogP contribution >= 0.6 is 0 Å². The summed E-state index contributed by atoms with van der Waals surface area (Å²) >= 11 is 0. The Balaban J connectivity index is 1.97. The summed E-state index contributed by atoms with van der Waals surface area (Å²) in [6.07, 6.45) is 5.03. The summed E-state index contributed by atoms with van der Waals surface area (Å²) in [5, 5.41) is 0. The molecule has 18 heavy (non-hydrogen) atoms. The van der Waals surface area contributed by atoms with E-state index in [1.807, 2.05) is 13.8 Å². The van der Waals surface area contributed by atoms with Gasteiger partial charge in [-0.25, -0.2) is 0 Å². The van der Waals surface area contributed by atoms with E-state index in [9.17, 15) is 8.42 Å². The van der Waals surface area contributed by atoms with Gasteiger partial charge in [0.2, 0.25) is 0 Å². The Hall–Kier alpha value is -0.170. The van der Waals surface area contributed by atoms with E-state index in [0.717, 1.165) is 38.7 Å². The largest absolute Gasteiger partial charge is 0.377 e. The monoisotopic (exact) mass is 276 g/mol. The molecule has 2 saturated heterocycles. The Morgan fingerprint density at radius 1 is 1.28 bits per heavy atom. The zero-order valence-electron chi connectivity index (χ0n) is 11.3. The van der Waals surface area contributed by atoms with Gasteiger partial charge < -0.3 is 4.74 Å². The van der Waals surface area contributed by atoms with Crippen LogP contribution in [0.2, 0.25) is 0 Å². The molecular formula is C12H24N2O3S. The van der Waals surface area contributed by atoms with Crippen molar-refractivity contribution in [3.8, 4) is 0 Å². The molecule has 3 atom stereocenters. The van der Waals surface area contributed by atoms with Crippen LogP contribution in [0.4, 0.5) is 0 Å². The lowest BCUT2D eigenvalue weighted by atomic mass is 10.1. The molecule has 1 N–H and O–H groups in total. The highest BCUT2D eigenvalue weighted by molar-refractivity contribution is 7.87. The van der Waals surface area contributed by atoms with Gasteiger partial charge in [0.25, 0.3) is 10.2 Å². The van der Waals surface area contributed by atoms with Gasteiger partial charge in [-0.15, -0.1) is 0 Å². The SMILES string of the molecule is C[C@H](NS(=O)(=O)N1CCCC[C@H]1C)[C@H]1CCCO1. The number of rotatable bonds is 4. The first-order chi connectivity index (χ1) is 8.50. The van der Waals surface area contributed by atoms with Gasteiger partial charge in [0.1, 0.15) is 0 Å². The van der Waals surface area contributed by atoms with Crippen LogP contribution in [0.25, 0.3) is 0 Å². The molecule has 0 saturated carbocycles. The topological polar surface area (TPSA) is 58.6 Å². The van der Waals surface area contributed by atoms with Crippen LogP contribution in [-0.2, 0) is 14.9 Å². The number of hydrogen-bond acceptors (Lipinski definition) is 3. The Morgan fingerprint density at radius 2 is 2.06 bits per heavy atom. The summed E-state index contributed by atoms with van der Waals surface area (Å²) in [5.74, 6) is 0. The van der Waals surface area contributed by atoms with Crippen molar-refractivity contribution >= 4 is 10.2 Å². The number of ether oxygens (including phenoxy) is 1. The Kier molecular flexibility index (Phi) is 4.64. The van der Waals surface area contributed by atoms with Crippen LogP contribution in [0, 0.1) is 0 Å². The van der Waals surface area contributed by atoms with E-state index in [1.54, 1.807) is 4.31 Å². The standard InChI is InChI=1S/C12H24N2O3S/c1-10-6-3-4-8-14(10)18(15,16)13-11(2)12-7-5-9-17-12/h10-13H,3-9H2,1-2H3/t10-,11+,12-/m1/s1. The maximum atomic E-state index is 12.3. The van der Waals surface area contributed by atoms with Gasteiger partial charge in [-0.1, -0.05) is 6.42 Å². The lowest BCUT2D eigenvalue weighted by Gasteiger charge is -2.33. The third-order valence-corrected chi connectivity index (χ3v) is 5.74. The molecule has 106 valence electrons. The van der Waals surface area contributed by atoms with Crippen molar-refractivity contribution in [2.45, 2.75) is 64.1 Å². The maximum absolute atomic E-state index is 12.3. The number of nitrogens with zero attached hydrogens (tertiary/aromatic N) is 1. The number of nitrogens with one attached hydrogen (secondary N) is 1. The second-order valence-corrected chi connectivity index (χ2v) is 7.07. The minimum absolute atomic E-state index is 0.0277. The van der Waals surface area contributed by atoms with Crippen molar-refractivity contribution in [2.24, 2.45) is 0 Å². The van der Waals surface area contributed by atoms with Gasteiger partial charge in [0.15, 0.2) is 0 Å². The maximum Gasteiger partial charge on any atom is 0.280 e.